The van der Waals surface area contributed by atoms with Crippen molar-refractivity contribution in [2.75, 3.05) is 26.7 Å². The van der Waals surface area contributed by atoms with E-state index in [1.54, 1.807) is 6.92 Å². The van der Waals surface area contributed by atoms with E-state index in [4.69, 9.17) is 5.41 Å². The number of nitrogens with zero attached hydrogens (tertiary/aromatic N) is 2. The molecule has 4 heteroatoms. The molecule has 96 valence electrons. The molecule has 0 aromatic heterocycles. The van der Waals surface area contributed by atoms with Crippen molar-refractivity contribution in [3.05, 3.63) is 11.6 Å². The lowest BCUT2D eigenvalue weighted by atomic mass is 9.99. The second-order valence-electron chi connectivity index (χ2n) is 5.67. The van der Waals surface area contributed by atoms with Gasteiger partial charge in [-0.05, 0) is 19.7 Å². The zero-order valence-corrected chi connectivity index (χ0v) is 12.2. The van der Waals surface area contributed by atoms with E-state index in [1.807, 2.05) is 0 Å². The number of thiol groups is 1. The lowest BCUT2D eigenvalue weighted by Gasteiger charge is -2.39. The topological polar surface area (TPSA) is 36.2 Å². The summed E-state index contributed by atoms with van der Waals surface area (Å²) in [5, 5.41) is 7.73. The van der Waals surface area contributed by atoms with E-state index < -0.39 is 0 Å². The first kappa shape index (κ1) is 14.5. The second kappa shape index (κ2) is 5.83. The van der Waals surface area contributed by atoms with Gasteiger partial charge in [-0.15, -0.1) is 0 Å². The maximum absolute atomic E-state index is 7.73. The molecule has 0 saturated carbocycles. The molecule has 1 unspecified atom stereocenters. The minimum absolute atomic E-state index is 0.504. The normalized spacial score (nSPS) is 26.0. The Labute approximate surface area is 110 Å². The Morgan fingerprint density at radius 3 is 2.71 bits per heavy atom. The Morgan fingerprint density at radius 1 is 1.59 bits per heavy atom. The zero-order valence-electron chi connectivity index (χ0n) is 11.3. The highest BCUT2D eigenvalue weighted by Gasteiger charge is 2.29. The molecular weight excluding hydrogens is 230 g/mol. The molecule has 0 aliphatic carbocycles. The van der Waals surface area contributed by atoms with Crippen LogP contribution in [0.15, 0.2) is 16.0 Å². The fourth-order valence-corrected chi connectivity index (χ4v) is 2.97. The van der Waals surface area contributed by atoms with E-state index in [-0.39, 0.29) is 0 Å². The van der Waals surface area contributed by atoms with Crippen LogP contribution in [0, 0.1) is 11.3 Å². The number of likely N-dealkylation sites (N-methyl/N-ethyl adjacent to an activating group) is 1. The molecule has 0 amide bonds. The van der Waals surface area contributed by atoms with Crippen molar-refractivity contribution in [1.29, 1.82) is 5.41 Å². The summed E-state index contributed by atoms with van der Waals surface area (Å²) in [6, 6.07) is 0. The van der Waals surface area contributed by atoms with Crippen molar-refractivity contribution >= 4 is 24.2 Å². The summed E-state index contributed by atoms with van der Waals surface area (Å²) in [6.45, 7) is 9.62. The molecule has 3 nitrogen and oxygen atoms in total. The van der Waals surface area contributed by atoms with Crippen LogP contribution in [-0.2, 0) is 0 Å². The van der Waals surface area contributed by atoms with Crippen LogP contribution >= 0.6 is 12.8 Å². The minimum atomic E-state index is 0.504. The summed E-state index contributed by atoms with van der Waals surface area (Å²) in [5.74, 6) is 0.691. The average molecular weight is 254 g/mol. The third-order valence-corrected chi connectivity index (χ3v) is 3.38. The largest absolute Gasteiger partial charge is 0.322 e. The van der Waals surface area contributed by atoms with Crippen molar-refractivity contribution in [1.82, 2.24) is 0 Å². The van der Waals surface area contributed by atoms with E-state index in [1.165, 1.54) is 18.7 Å². The number of hydrogen-bond acceptors (Lipinski definition) is 3. The summed E-state index contributed by atoms with van der Waals surface area (Å²) in [5.41, 5.74) is 2.44. The van der Waals surface area contributed by atoms with Crippen LogP contribution in [0.2, 0.25) is 0 Å². The molecule has 17 heavy (non-hydrogen) atoms. The van der Waals surface area contributed by atoms with Gasteiger partial charge in [0.1, 0.15) is 6.54 Å². The molecule has 1 heterocycles. The van der Waals surface area contributed by atoms with Gasteiger partial charge in [0.2, 0.25) is 0 Å². The summed E-state index contributed by atoms with van der Waals surface area (Å²) in [7, 11) is 2.29. The molecule has 0 radical (unpaired) electrons. The quantitative estimate of drug-likeness (QED) is 0.440. The van der Waals surface area contributed by atoms with Gasteiger partial charge >= 0.3 is 0 Å². The second-order valence-corrected chi connectivity index (χ2v) is 5.87. The SMILES string of the molecule is CC(=N)/C(=N\S)C1=CCC[N+](C)(CC(C)C)C1. The molecule has 0 spiro atoms. The van der Waals surface area contributed by atoms with Gasteiger partial charge in [0.15, 0.2) is 0 Å². The monoisotopic (exact) mass is 254 g/mol. The van der Waals surface area contributed by atoms with Gasteiger partial charge in [-0.2, -0.15) is 0 Å². The molecular formula is C13H24N3S+. The predicted octanol–water partition coefficient (Wildman–Crippen LogP) is 2.74. The van der Waals surface area contributed by atoms with Crippen LogP contribution in [-0.4, -0.2) is 42.6 Å². The van der Waals surface area contributed by atoms with Crippen LogP contribution in [0.1, 0.15) is 27.2 Å². The maximum atomic E-state index is 7.73. The molecule has 0 bridgehead atoms. The van der Waals surface area contributed by atoms with Gasteiger partial charge in [-0.3, -0.25) is 0 Å². The van der Waals surface area contributed by atoms with Gasteiger partial charge in [0.05, 0.1) is 31.6 Å². The Bertz CT molecular complexity index is 358. The van der Waals surface area contributed by atoms with Crippen LogP contribution < -0.4 is 0 Å². The fourth-order valence-electron chi connectivity index (χ4n) is 2.69. The highest BCUT2D eigenvalue weighted by atomic mass is 32.1. The summed E-state index contributed by atoms with van der Waals surface area (Å²) in [6.07, 6.45) is 3.28. The van der Waals surface area contributed by atoms with Crippen LogP contribution in [0.5, 0.6) is 0 Å². The first-order valence-corrected chi connectivity index (χ1v) is 6.58. The third-order valence-electron chi connectivity index (χ3n) is 3.18. The zero-order chi connectivity index (χ0) is 13.1. The highest BCUT2D eigenvalue weighted by molar-refractivity contribution is 7.79. The Morgan fingerprint density at radius 2 is 2.24 bits per heavy atom. The molecule has 1 rings (SSSR count). The Balaban J connectivity index is 2.85. The van der Waals surface area contributed by atoms with E-state index in [0.717, 1.165) is 23.2 Å². The molecule has 0 aromatic rings. The first-order chi connectivity index (χ1) is 7.88. The summed E-state index contributed by atoms with van der Waals surface area (Å²) in [4.78, 5) is 0. The highest BCUT2D eigenvalue weighted by Crippen LogP contribution is 2.20. The van der Waals surface area contributed by atoms with Crippen molar-refractivity contribution in [3.8, 4) is 0 Å². The van der Waals surface area contributed by atoms with Crippen LogP contribution in [0.3, 0.4) is 0 Å². The predicted molar refractivity (Wildman–Crippen MR) is 78.1 cm³/mol. The Hall–Kier alpha value is -0.610. The van der Waals surface area contributed by atoms with Crippen LogP contribution in [0.4, 0.5) is 0 Å². The molecule has 0 saturated heterocycles. The molecule has 1 N–H and O–H groups in total. The number of nitrogens with one attached hydrogen (secondary N) is 1. The van der Waals surface area contributed by atoms with Crippen LogP contribution in [0.25, 0.3) is 0 Å². The molecule has 0 fully saturated rings. The maximum Gasteiger partial charge on any atom is 0.106 e. The Kier molecular flexibility index (Phi) is 4.95. The van der Waals surface area contributed by atoms with E-state index in [0.29, 0.717) is 11.6 Å². The lowest BCUT2D eigenvalue weighted by molar-refractivity contribution is -0.908. The molecule has 1 atom stereocenters. The fraction of sp³-hybridized carbons (Fsp3) is 0.692. The van der Waals surface area contributed by atoms with E-state index >= 15 is 0 Å². The molecule has 1 aliphatic rings. The van der Waals surface area contributed by atoms with E-state index in [9.17, 15) is 0 Å². The number of quaternary nitrogens is 1. The minimum Gasteiger partial charge on any atom is -0.322 e. The van der Waals surface area contributed by atoms with E-state index in [2.05, 4.69) is 44.2 Å². The third kappa shape index (κ3) is 3.96. The van der Waals surface area contributed by atoms with Crippen molar-refractivity contribution in [2.45, 2.75) is 27.2 Å². The van der Waals surface area contributed by atoms with Gasteiger partial charge in [-0.1, -0.05) is 19.9 Å². The number of rotatable bonds is 4. The summed E-state index contributed by atoms with van der Waals surface area (Å²) >= 11 is 3.99. The van der Waals surface area contributed by atoms with Crippen molar-refractivity contribution < 1.29 is 4.48 Å². The van der Waals surface area contributed by atoms with Crippen molar-refractivity contribution in [2.24, 2.45) is 10.3 Å². The smallest absolute Gasteiger partial charge is 0.106 e. The lowest BCUT2D eigenvalue weighted by Crippen LogP contribution is -2.51. The van der Waals surface area contributed by atoms with Gasteiger partial charge < -0.3 is 9.89 Å². The van der Waals surface area contributed by atoms with Gasteiger partial charge in [0, 0.05) is 17.9 Å². The van der Waals surface area contributed by atoms with Crippen molar-refractivity contribution in [3.63, 3.8) is 0 Å². The van der Waals surface area contributed by atoms with Gasteiger partial charge in [0.25, 0.3) is 0 Å². The number of hydrogen-bond donors (Lipinski definition) is 2. The molecule has 0 aromatic carbocycles. The summed E-state index contributed by atoms with van der Waals surface area (Å²) < 4.78 is 5.01. The standard InChI is InChI=1S/C13H23N3S/c1-10(2)8-16(4)7-5-6-12(9-16)13(15-17)11(3)14/h6,10,14H,5,7-9H2,1-4H3/p+1/b14-11?,15-13+. The first-order valence-electron chi connectivity index (χ1n) is 6.18. The molecule has 1 aliphatic heterocycles. The average Bonchev–Trinajstić information content (AvgIpc) is 2.15. The van der Waals surface area contributed by atoms with Gasteiger partial charge in [-0.25, -0.2) is 4.40 Å².